The number of imidazole rings is 1. The van der Waals surface area contributed by atoms with Gasteiger partial charge in [0, 0.05) is 13.0 Å². The third-order valence-electron chi connectivity index (χ3n) is 3.31. The number of carbonyl (C=O) groups is 1. The zero-order valence-corrected chi connectivity index (χ0v) is 11.5. The van der Waals surface area contributed by atoms with Crippen LogP contribution in [-0.4, -0.2) is 25.0 Å². The maximum absolute atomic E-state index is 12.2. The van der Waals surface area contributed by atoms with Gasteiger partial charge < -0.3 is 9.88 Å². The third kappa shape index (κ3) is 2.25. The van der Waals surface area contributed by atoms with Gasteiger partial charge in [0.2, 0.25) is 0 Å². The molecule has 19 heavy (non-hydrogen) atoms. The van der Waals surface area contributed by atoms with Crippen LogP contribution in [0.5, 0.6) is 0 Å². The summed E-state index contributed by atoms with van der Waals surface area (Å²) in [6.45, 7) is 2.89. The second-order valence-electron chi connectivity index (χ2n) is 4.52. The lowest BCUT2D eigenvalue weighted by Gasteiger charge is -2.16. The summed E-state index contributed by atoms with van der Waals surface area (Å²) in [5, 5.41) is 6.88. The van der Waals surface area contributed by atoms with E-state index in [1.54, 1.807) is 6.20 Å². The molecule has 7 heteroatoms. The Bertz CT molecular complexity index is 603. The van der Waals surface area contributed by atoms with Gasteiger partial charge >= 0.3 is 0 Å². The fourth-order valence-electron chi connectivity index (χ4n) is 2.30. The quantitative estimate of drug-likeness (QED) is 0.929. The minimum absolute atomic E-state index is 0.139. The van der Waals surface area contributed by atoms with Gasteiger partial charge in [-0.25, -0.2) is 4.98 Å². The number of nitrogens with one attached hydrogen (secondary N) is 1. The van der Waals surface area contributed by atoms with Crippen LogP contribution in [-0.2, 0) is 19.4 Å². The number of carbonyl (C=O) groups excluding carboxylic acids is 1. The molecule has 0 fully saturated rings. The van der Waals surface area contributed by atoms with Crippen molar-refractivity contribution in [3.63, 3.8) is 0 Å². The Labute approximate surface area is 115 Å². The highest BCUT2D eigenvalue weighted by atomic mass is 32.1. The Morgan fingerprint density at radius 1 is 1.53 bits per heavy atom. The number of fused-ring (bicyclic) bond motifs is 1. The Morgan fingerprint density at radius 2 is 2.42 bits per heavy atom. The van der Waals surface area contributed by atoms with Crippen LogP contribution >= 0.6 is 11.5 Å². The zero-order chi connectivity index (χ0) is 13.2. The number of aryl methyl sites for hydroxylation is 2. The first-order valence-corrected chi connectivity index (χ1v) is 7.24. The van der Waals surface area contributed by atoms with Gasteiger partial charge in [0.15, 0.2) is 0 Å². The van der Waals surface area contributed by atoms with Crippen LogP contribution in [0.2, 0.25) is 0 Å². The van der Waals surface area contributed by atoms with Gasteiger partial charge in [0.25, 0.3) is 5.91 Å². The number of amides is 1. The number of anilines is 1. The molecule has 0 atom stereocenters. The van der Waals surface area contributed by atoms with E-state index in [1.165, 1.54) is 6.42 Å². The molecule has 0 saturated carbocycles. The molecule has 2 aromatic heterocycles. The third-order valence-corrected chi connectivity index (χ3v) is 4.08. The molecule has 3 heterocycles. The molecule has 1 amide bonds. The normalized spacial score (nSPS) is 14.2. The first-order chi connectivity index (χ1) is 9.29. The summed E-state index contributed by atoms with van der Waals surface area (Å²) in [7, 11) is 0. The zero-order valence-electron chi connectivity index (χ0n) is 10.7. The molecule has 0 unspecified atom stereocenters. The van der Waals surface area contributed by atoms with E-state index in [2.05, 4.69) is 24.5 Å². The van der Waals surface area contributed by atoms with E-state index in [-0.39, 0.29) is 5.91 Å². The van der Waals surface area contributed by atoms with Crippen molar-refractivity contribution in [3.05, 3.63) is 22.6 Å². The molecule has 0 bridgehead atoms. The molecule has 2 aromatic rings. The van der Waals surface area contributed by atoms with Crippen LogP contribution in [0.1, 0.15) is 41.0 Å². The molecule has 1 N–H and O–H groups in total. The second kappa shape index (κ2) is 5.08. The van der Waals surface area contributed by atoms with E-state index in [0.717, 1.165) is 48.3 Å². The summed E-state index contributed by atoms with van der Waals surface area (Å²) in [6.07, 6.45) is 5.73. The first kappa shape index (κ1) is 12.3. The molecule has 0 radical (unpaired) electrons. The van der Waals surface area contributed by atoms with Crippen molar-refractivity contribution >= 4 is 23.3 Å². The molecule has 6 nitrogen and oxygen atoms in total. The molecule has 0 aromatic carbocycles. The molecule has 3 rings (SSSR count). The van der Waals surface area contributed by atoms with Gasteiger partial charge in [0.05, 0.1) is 11.9 Å². The van der Waals surface area contributed by atoms with Gasteiger partial charge in [-0.1, -0.05) is 11.4 Å². The molecular weight excluding hydrogens is 262 g/mol. The SMILES string of the molecule is CCc1nnsc1C(=O)Nc1cnc2n1CCCC2. The van der Waals surface area contributed by atoms with Crippen LogP contribution in [0, 0.1) is 0 Å². The van der Waals surface area contributed by atoms with Gasteiger partial charge in [-0.05, 0) is 30.8 Å². The monoisotopic (exact) mass is 277 g/mol. The van der Waals surface area contributed by atoms with E-state index in [9.17, 15) is 4.79 Å². The molecular formula is C12H15N5OS. The summed E-state index contributed by atoms with van der Waals surface area (Å²) in [6, 6.07) is 0. The largest absolute Gasteiger partial charge is 0.315 e. The maximum atomic E-state index is 12.2. The molecule has 0 saturated heterocycles. The van der Waals surface area contributed by atoms with E-state index in [4.69, 9.17) is 0 Å². The molecule has 0 spiro atoms. The Balaban J connectivity index is 1.82. The van der Waals surface area contributed by atoms with Crippen LogP contribution in [0.4, 0.5) is 5.82 Å². The lowest BCUT2D eigenvalue weighted by molar-refractivity contribution is 0.102. The van der Waals surface area contributed by atoms with Gasteiger partial charge in [0.1, 0.15) is 16.5 Å². The van der Waals surface area contributed by atoms with E-state index in [0.29, 0.717) is 11.3 Å². The van der Waals surface area contributed by atoms with E-state index >= 15 is 0 Å². The topological polar surface area (TPSA) is 72.7 Å². The standard InChI is InChI=1S/C12H15N5OS/c1-2-8-11(19-16-15-8)12(18)14-10-7-13-9-5-3-4-6-17(9)10/h7H,2-6H2,1H3,(H,14,18). The highest BCUT2D eigenvalue weighted by molar-refractivity contribution is 7.08. The average molecular weight is 277 g/mol. The van der Waals surface area contributed by atoms with Crippen molar-refractivity contribution in [2.45, 2.75) is 39.2 Å². The van der Waals surface area contributed by atoms with Crippen molar-refractivity contribution in [2.24, 2.45) is 0 Å². The van der Waals surface area contributed by atoms with Crippen molar-refractivity contribution in [1.82, 2.24) is 19.1 Å². The highest BCUT2D eigenvalue weighted by Crippen LogP contribution is 2.21. The molecule has 100 valence electrons. The summed E-state index contributed by atoms with van der Waals surface area (Å²) in [5.74, 6) is 1.69. The van der Waals surface area contributed by atoms with E-state index < -0.39 is 0 Å². The summed E-state index contributed by atoms with van der Waals surface area (Å²) in [5.41, 5.74) is 0.751. The lowest BCUT2D eigenvalue weighted by atomic mass is 10.2. The van der Waals surface area contributed by atoms with Crippen LogP contribution in [0.25, 0.3) is 0 Å². The Hall–Kier alpha value is -1.76. The molecule has 0 aliphatic carbocycles. The van der Waals surface area contributed by atoms with Gasteiger partial charge in [-0.3, -0.25) is 4.79 Å². The van der Waals surface area contributed by atoms with Crippen LogP contribution < -0.4 is 5.32 Å². The van der Waals surface area contributed by atoms with Gasteiger partial charge in [-0.15, -0.1) is 5.10 Å². The smallest absolute Gasteiger partial charge is 0.270 e. The summed E-state index contributed by atoms with van der Waals surface area (Å²) < 4.78 is 5.92. The Morgan fingerprint density at radius 3 is 3.26 bits per heavy atom. The van der Waals surface area contributed by atoms with Gasteiger partial charge in [-0.2, -0.15) is 0 Å². The van der Waals surface area contributed by atoms with Crippen LogP contribution in [0.15, 0.2) is 6.20 Å². The number of nitrogens with zero attached hydrogens (tertiary/aromatic N) is 4. The van der Waals surface area contributed by atoms with Crippen molar-refractivity contribution in [3.8, 4) is 0 Å². The van der Waals surface area contributed by atoms with Crippen molar-refractivity contribution < 1.29 is 4.79 Å². The fraction of sp³-hybridized carbons (Fsp3) is 0.500. The van der Waals surface area contributed by atoms with E-state index in [1.807, 2.05) is 6.92 Å². The lowest BCUT2D eigenvalue weighted by Crippen LogP contribution is -2.18. The Kier molecular flexibility index (Phi) is 3.29. The number of rotatable bonds is 3. The number of hydrogen-bond acceptors (Lipinski definition) is 5. The predicted molar refractivity (Wildman–Crippen MR) is 72.4 cm³/mol. The first-order valence-electron chi connectivity index (χ1n) is 6.46. The molecule has 1 aliphatic heterocycles. The molecule has 1 aliphatic rings. The summed E-state index contributed by atoms with van der Waals surface area (Å²) >= 11 is 1.14. The highest BCUT2D eigenvalue weighted by Gasteiger charge is 2.19. The van der Waals surface area contributed by atoms with Crippen molar-refractivity contribution in [1.29, 1.82) is 0 Å². The predicted octanol–water partition coefficient (Wildman–Crippen LogP) is 1.89. The fourth-order valence-corrected chi connectivity index (χ4v) is 2.95. The second-order valence-corrected chi connectivity index (χ2v) is 5.28. The number of aromatic nitrogens is 4. The number of hydrogen-bond donors (Lipinski definition) is 1. The van der Waals surface area contributed by atoms with Crippen molar-refractivity contribution in [2.75, 3.05) is 5.32 Å². The minimum Gasteiger partial charge on any atom is -0.315 e. The average Bonchev–Trinajstić information content (AvgIpc) is 3.05. The maximum Gasteiger partial charge on any atom is 0.270 e. The van der Waals surface area contributed by atoms with Crippen LogP contribution in [0.3, 0.4) is 0 Å². The minimum atomic E-state index is -0.139. The summed E-state index contributed by atoms with van der Waals surface area (Å²) in [4.78, 5) is 17.2.